The van der Waals surface area contributed by atoms with Gasteiger partial charge in [0.05, 0.1) is 54.9 Å². The largest absolute Gasteiger partial charge is 0.461 e. The second-order valence-electron chi connectivity index (χ2n) is 14.7. The molecular formula is C35H50N2O10. The number of piperidine rings is 1. The summed E-state index contributed by atoms with van der Waals surface area (Å²) >= 11 is 0. The Morgan fingerprint density at radius 3 is 2.45 bits per heavy atom. The number of rotatable bonds is 10. The fourth-order valence-corrected chi connectivity index (χ4v) is 12.3. The fourth-order valence-electron chi connectivity index (χ4n) is 12.3. The lowest BCUT2D eigenvalue weighted by Gasteiger charge is -2.70. The van der Waals surface area contributed by atoms with Crippen molar-refractivity contribution >= 4 is 17.7 Å². The number of hydrogen-bond acceptors (Lipinski definition) is 11. The first-order valence-electron chi connectivity index (χ1n) is 17.1. The summed E-state index contributed by atoms with van der Waals surface area (Å²) < 4.78 is 36.3. The van der Waals surface area contributed by atoms with E-state index in [0.717, 1.165) is 6.42 Å². The number of methoxy groups -OCH3 is 4. The van der Waals surface area contributed by atoms with Crippen LogP contribution in [0.15, 0.2) is 24.3 Å². The van der Waals surface area contributed by atoms with Crippen LogP contribution in [0.2, 0.25) is 0 Å². The summed E-state index contributed by atoms with van der Waals surface area (Å²) in [6, 6.07) is 6.27. The molecule has 12 nitrogen and oxygen atoms in total. The lowest BCUT2D eigenvalue weighted by Crippen LogP contribution is -2.82. The molecule has 7 bridgehead atoms. The van der Waals surface area contributed by atoms with Gasteiger partial charge in [0, 0.05) is 70.0 Å². The molecule has 13 atom stereocenters. The second kappa shape index (κ2) is 11.6. The number of nitrogens with zero attached hydrogens (tertiary/aromatic N) is 1. The standard InChI is InChI=1S/C35H50N2O10/c1-7-37-17-32(18-47-29(38)19-11-9-10-12-22(19)36-31(39)46-8-2)14-13-24(43-4)34-21-15-20-23(42-3)16-33(40,25(21)26(20)44-5)35(41,30(34)37)28(45-6)27(32)34/h9-12,20-21,23-28,30,40-41H,7-8,13-18H2,1-6H3,(H,36,39)/t20-,21-,23+,24+,25-,26+,27-,28+,30+,32+,33-,34+,35+/m1/s1. The first kappa shape index (κ1) is 33.2. The number of ether oxygens (including phenoxy) is 6. The van der Waals surface area contributed by atoms with Gasteiger partial charge < -0.3 is 38.6 Å². The summed E-state index contributed by atoms with van der Waals surface area (Å²) in [5.41, 5.74) is -3.91. The third-order valence-corrected chi connectivity index (χ3v) is 13.5. The number of likely N-dealkylation sites (N-methyl/N-ethyl adjacent to an activating group) is 1. The summed E-state index contributed by atoms with van der Waals surface area (Å²) in [4.78, 5) is 28.3. The molecular weight excluding hydrogens is 608 g/mol. The van der Waals surface area contributed by atoms with Crippen LogP contribution in [-0.4, -0.2) is 124 Å². The van der Waals surface area contributed by atoms with Crippen LogP contribution in [0.4, 0.5) is 10.5 Å². The number of hydrogen-bond donors (Lipinski definition) is 3. The third-order valence-electron chi connectivity index (χ3n) is 13.5. The van der Waals surface area contributed by atoms with Crippen LogP contribution >= 0.6 is 0 Å². The molecule has 1 aromatic carbocycles. The van der Waals surface area contributed by atoms with Crippen LogP contribution in [0.5, 0.6) is 0 Å². The molecule has 1 aliphatic heterocycles. The highest BCUT2D eigenvalue weighted by Gasteiger charge is 2.91. The van der Waals surface area contributed by atoms with Gasteiger partial charge in [0.15, 0.2) is 0 Å². The molecule has 1 aromatic rings. The van der Waals surface area contributed by atoms with Crippen molar-refractivity contribution in [2.24, 2.45) is 34.5 Å². The van der Waals surface area contributed by atoms with Crippen LogP contribution in [-0.2, 0) is 28.4 Å². The Bertz CT molecular complexity index is 1400. The number of para-hydroxylation sites is 1. The number of aliphatic hydroxyl groups is 2. The van der Waals surface area contributed by atoms with Gasteiger partial charge in [-0.15, -0.1) is 0 Å². The normalized spacial score (nSPS) is 45.8. The monoisotopic (exact) mass is 658 g/mol. The van der Waals surface area contributed by atoms with Crippen LogP contribution in [0.3, 0.4) is 0 Å². The summed E-state index contributed by atoms with van der Waals surface area (Å²) in [6.45, 7) is 5.25. The number of carbonyl (C=O) groups excluding carboxylic acids is 2. The Balaban J connectivity index is 1.33. The lowest BCUT2D eigenvalue weighted by molar-refractivity contribution is -0.320. The molecule has 0 unspecified atom stereocenters. The Labute approximate surface area is 276 Å². The zero-order valence-corrected chi connectivity index (χ0v) is 28.3. The number of benzene rings is 1. The molecule has 6 aliphatic rings. The van der Waals surface area contributed by atoms with E-state index in [9.17, 15) is 19.8 Å². The van der Waals surface area contributed by atoms with Gasteiger partial charge in [0.1, 0.15) is 11.2 Å². The highest BCUT2D eigenvalue weighted by molar-refractivity contribution is 5.99. The van der Waals surface area contributed by atoms with Crippen molar-refractivity contribution in [3.63, 3.8) is 0 Å². The maximum atomic E-state index is 13.8. The molecule has 3 N–H and O–H groups in total. The summed E-state index contributed by atoms with van der Waals surface area (Å²) in [5.74, 6) is -1.19. The number of esters is 1. The number of nitrogens with one attached hydrogen (secondary N) is 1. The van der Waals surface area contributed by atoms with Gasteiger partial charge in [-0.3, -0.25) is 10.2 Å². The van der Waals surface area contributed by atoms with Crippen LogP contribution in [0.25, 0.3) is 0 Å². The first-order valence-corrected chi connectivity index (χ1v) is 17.1. The minimum absolute atomic E-state index is 0.0535. The van der Waals surface area contributed by atoms with Crippen molar-refractivity contribution in [1.82, 2.24) is 4.90 Å². The average Bonchev–Trinajstić information content (AvgIpc) is 3.49. The Hall–Kier alpha value is -2.32. The van der Waals surface area contributed by atoms with Crippen LogP contribution in [0.1, 0.15) is 49.9 Å². The van der Waals surface area contributed by atoms with Gasteiger partial charge in [0.25, 0.3) is 0 Å². The quantitative estimate of drug-likeness (QED) is 0.319. The Kier molecular flexibility index (Phi) is 8.22. The van der Waals surface area contributed by atoms with Gasteiger partial charge in [-0.1, -0.05) is 19.1 Å². The van der Waals surface area contributed by atoms with Crippen molar-refractivity contribution in [2.75, 3.05) is 60.1 Å². The predicted octanol–water partition coefficient (Wildman–Crippen LogP) is 2.70. The molecule has 1 heterocycles. The Morgan fingerprint density at radius 2 is 1.79 bits per heavy atom. The molecule has 6 fully saturated rings. The lowest BCUT2D eigenvalue weighted by atomic mass is 9.42. The van der Waals surface area contributed by atoms with E-state index < -0.39 is 46.2 Å². The molecule has 5 saturated carbocycles. The molecule has 0 radical (unpaired) electrons. The topological polar surface area (TPSA) is 145 Å². The fraction of sp³-hybridized carbons (Fsp3) is 0.771. The number of likely N-dealkylation sites (tertiary alicyclic amines) is 1. The highest BCUT2D eigenvalue weighted by atomic mass is 16.6. The van der Waals surface area contributed by atoms with E-state index in [1.807, 2.05) is 0 Å². The predicted molar refractivity (Wildman–Crippen MR) is 169 cm³/mol. The molecule has 1 spiro atoms. The van der Waals surface area contributed by atoms with E-state index in [-0.39, 0.29) is 67.2 Å². The van der Waals surface area contributed by atoms with Gasteiger partial charge in [-0.25, -0.2) is 9.59 Å². The molecule has 47 heavy (non-hydrogen) atoms. The van der Waals surface area contributed by atoms with E-state index in [4.69, 9.17) is 28.4 Å². The van der Waals surface area contributed by atoms with E-state index >= 15 is 0 Å². The van der Waals surface area contributed by atoms with Crippen LogP contribution in [0, 0.1) is 34.5 Å². The van der Waals surface area contributed by atoms with Crippen molar-refractivity contribution in [2.45, 2.75) is 81.2 Å². The zero-order valence-electron chi connectivity index (χ0n) is 28.3. The van der Waals surface area contributed by atoms with Crippen LogP contribution < -0.4 is 5.32 Å². The Morgan fingerprint density at radius 1 is 1.02 bits per heavy atom. The van der Waals surface area contributed by atoms with Crippen molar-refractivity contribution in [1.29, 1.82) is 0 Å². The van der Waals surface area contributed by atoms with E-state index in [1.54, 1.807) is 59.6 Å². The number of anilines is 1. The number of fused-ring (bicyclic) bond motifs is 2. The molecule has 1 saturated heterocycles. The minimum Gasteiger partial charge on any atom is -0.461 e. The van der Waals surface area contributed by atoms with E-state index in [0.29, 0.717) is 31.6 Å². The van der Waals surface area contributed by atoms with Crippen molar-refractivity contribution in [3.8, 4) is 0 Å². The molecule has 260 valence electrons. The maximum Gasteiger partial charge on any atom is 0.411 e. The van der Waals surface area contributed by atoms with E-state index in [1.165, 1.54) is 0 Å². The SMILES string of the molecule is CCOC(=O)Nc1ccccc1C(=O)OC[C@@]12CC[C@H](OC)[C@@]34[C@@H]5C[C@H]6[C@H](OC)[C@@H]5[C@](O)(C[C@@H]6OC)[C@](O)([C@@H](OC)[C@H]13)[C@H]4N(CC)C2. The molecule has 1 amide bonds. The third kappa shape index (κ3) is 4.06. The van der Waals surface area contributed by atoms with Gasteiger partial charge in [-0.05, 0) is 50.8 Å². The summed E-state index contributed by atoms with van der Waals surface area (Å²) in [7, 11) is 6.73. The molecule has 5 aliphatic carbocycles. The molecule has 0 aromatic heterocycles. The summed E-state index contributed by atoms with van der Waals surface area (Å²) in [5, 5.41) is 29.1. The first-order chi connectivity index (χ1) is 22.6. The highest BCUT2D eigenvalue weighted by Crippen LogP contribution is 2.80. The van der Waals surface area contributed by atoms with Crippen molar-refractivity contribution < 1.29 is 48.2 Å². The van der Waals surface area contributed by atoms with Gasteiger partial charge in [0.2, 0.25) is 0 Å². The summed E-state index contributed by atoms with van der Waals surface area (Å²) in [6.07, 6.45) is 0.234. The number of carbonyl (C=O) groups is 2. The minimum atomic E-state index is -1.67. The van der Waals surface area contributed by atoms with Gasteiger partial charge >= 0.3 is 12.1 Å². The smallest absolute Gasteiger partial charge is 0.411 e. The average molecular weight is 659 g/mol. The molecule has 7 rings (SSSR count). The van der Waals surface area contributed by atoms with Crippen molar-refractivity contribution in [3.05, 3.63) is 29.8 Å². The number of amides is 1. The molecule has 12 heteroatoms. The second-order valence-corrected chi connectivity index (χ2v) is 14.7. The zero-order chi connectivity index (χ0) is 33.5. The van der Waals surface area contributed by atoms with E-state index in [2.05, 4.69) is 17.1 Å². The maximum absolute atomic E-state index is 13.8. The van der Waals surface area contributed by atoms with Gasteiger partial charge in [-0.2, -0.15) is 0 Å².